The van der Waals surface area contributed by atoms with Crippen molar-refractivity contribution in [2.75, 3.05) is 14.1 Å². The fraction of sp³-hybridized carbons (Fsp3) is 0.222. The van der Waals surface area contributed by atoms with Gasteiger partial charge >= 0.3 is 0 Å². The summed E-state index contributed by atoms with van der Waals surface area (Å²) in [6, 6.07) is 13.2. The molecular formula is C18H20N2O. The van der Waals surface area contributed by atoms with Gasteiger partial charge in [0.1, 0.15) is 0 Å². The minimum absolute atomic E-state index is 0.0549. The zero-order valence-corrected chi connectivity index (χ0v) is 12.9. The number of ketones is 1. The summed E-state index contributed by atoms with van der Waals surface area (Å²) in [6.45, 7) is 3.92. The molecule has 21 heavy (non-hydrogen) atoms. The van der Waals surface area contributed by atoms with Crippen LogP contribution in [0.25, 0.3) is 0 Å². The number of hydrogen-bond donors (Lipinski definition) is 0. The molecule has 0 saturated carbocycles. The van der Waals surface area contributed by atoms with E-state index in [-0.39, 0.29) is 5.78 Å². The highest BCUT2D eigenvalue weighted by Crippen LogP contribution is 2.24. The van der Waals surface area contributed by atoms with Crippen molar-refractivity contribution in [3.63, 3.8) is 0 Å². The highest BCUT2D eigenvalue weighted by atomic mass is 16.1. The second-order valence-electron chi connectivity index (χ2n) is 5.36. The van der Waals surface area contributed by atoms with Crippen molar-refractivity contribution in [3.05, 3.63) is 64.7 Å². The van der Waals surface area contributed by atoms with Crippen LogP contribution in [0.3, 0.4) is 0 Å². The first kappa shape index (κ1) is 15.0. The molecular weight excluding hydrogens is 260 g/mol. The fourth-order valence-electron chi connectivity index (χ4n) is 2.11. The summed E-state index contributed by atoms with van der Waals surface area (Å²) in [7, 11) is 3.86. The molecule has 108 valence electrons. The largest absolute Gasteiger partial charge is 0.369 e. The van der Waals surface area contributed by atoms with E-state index in [1.54, 1.807) is 6.34 Å². The summed E-state index contributed by atoms with van der Waals surface area (Å²) >= 11 is 0. The van der Waals surface area contributed by atoms with E-state index in [0.29, 0.717) is 5.56 Å². The minimum atomic E-state index is 0.0549. The molecule has 0 atom stereocenters. The van der Waals surface area contributed by atoms with Crippen LogP contribution in [-0.2, 0) is 0 Å². The highest BCUT2D eigenvalue weighted by molar-refractivity contribution is 6.10. The lowest BCUT2D eigenvalue weighted by atomic mass is 9.96. The van der Waals surface area contributed by atoms with E-state index < -0.39 is 0 Å². The molecule has 2 rings (SSSR count). The average Bonchev–Trinajstić information content (AvgIpc) is 2.47. The molecule has 0 aliphatic rings. The Morgan fingerprint density at radius 2 is 1.71 bits per heavy atom. The quantitative estimate of drug-likeness (QED) is 0.485. The molecule has 2 aromatic carbocycles. The molecule has 0 fully saturated rings. The van der Waals surface area contributed by atoms with Gasteiger partial charge in [-0.3, -0.25) is 4.79 Å². The summed E-state index contributed by atoms with van der Waals surface area (Å²) < 4.78 is 0. The summed E-state index contributed by atoms with van der Waals surface area (Å²) in [5.41, 5.74) is 4.29. The Kier molecular flexibility index (Phi) is 4.53. The Bertz CT molecular complexity index is 673. The van der Waals surface area contributed by atoms with E-state index in [1.165, 1.54) is 0 Å². The smallest absolute Gasteiger partial charge is 0.193 e. The van der Waals surface area contributed by atoms with Crippen molar-refractivity contribution in [3.8, 4) is 0 Å². The Balaban J connectivity index is 2.39. The van der Waals surface area contributed by atoms with Crippen molar-refractivity contribution < 1.29 is 4.79 Å². The van der Waals surface area contributed by atoms with Crippen LogP contribution >= 0.6 is 0 Å². The second kappa shape index (κ2) is 6.35. The van der Waals surface area contributed by atoms with E-state index in [4.69, 9.17) is 0 Å². The maximum absolute atomic E-state index is 12.6. The van der Waals surface area contributed by atoms with Gasteiger partial charge in [0.25, 0.3) is 0 Å². The predicted molar refractivity (Wildman–Crippen MR) is 87.6 cm³/mol. The summed E-state index contributed by atoms with van der Waals surface area (Å²) in [6.07, 6.45) is 1.76. The third-order valence-corrected chi connectivity index (χ3v) is 3.25. The number of rotatable bonds is 4. The lowest BCUT2D eigenvalue weighted by Crippen LogP contribution is -2.07. The number of aryl methyl sites for hydroxylation is 2. The van der Waals surface area contributed by atoms with Crippen molar-refractivity contribution in [2.45, 2.75) is 13.8 Å². The lowest BCUT2D eigenvalue weighted by molar-refractivity contribution is 0.103. The van der Waals surface area contributed by atoms with Gasteiger partial charge in [0.2, 0.25) is 0 Å². The molecule has 0 heterocycles. The molecule has 0 saturated heterocycles. The minimum Gasteiger partial charge on any atom is -0.369 e. The fourth-order valence-corrected chi connectivity index (χ4v) is 2.11. The number of carbonyl (C=O) groups excluding carboxylic acids is 1. The first-order chi connectivity index (χ1) is 9.99. The Morgan fingerprint density at radius 1 is 1.05 bits per heavy atom. The molecule has 0 aromatic heterocycles. The number of hydrogen-bond acceptors (Lipinski definition) is 2. The van der Waals surface area contributed by atoms with Gasteiger partial charge in [-0.15, -0.1) is 0 Å². The van der Waals surface area contributed by atoms with E-state index in [0.717, 1.165) is 22.4 Å². The van der Waals surface area contributed by atoms with E-state index in [9.17, 15) is 4.79 Å². The number of aliphatic imine (C=N–C) groups is 1. The summed E-state index contributed by atoms with van der Waals surface area (Å²) in [5, 5.41) is 0. The van der Waals surface area contributed by atoms with E-state index in [1.807, 2.05) is 75.3 Å². The van der Waals surface area contributed by atoms with Gasteiger partial charge in [-0.1, -0.05) is 30.3 Å². The van der Waals surface area contributed by atoms with Gasteiger partial charge in [0.05, 0.1) is 12.0 Å². The maximum atomic E-state index is 12.6. The molecule has 3 heteroatoms. The van der Waals surface area contributed by atoms with Crippen molar-refractivity contribution in [1.82, 2.24) is 4.90 Å². The normalized spacial score (nSPS) is 10.9. The van der Waals surface area contributed by atoms with Gasteiger partial charge in [0.15, 0.2) is 5.78 Å². The third kappa shape index (κ3) is 3.57. The lowest BCUT2D eigenvalue weighted by Gasteiger charge is -2.10. The molecule has 0 radical (unpaired) electrons. The first-order valence-corrected chi connectivity index (χ1v) is 6.90. The monoisotopic (exact) mass is 280 g/mol. The van der Waals surface area contributed by atoms with Gasteiger partial charge in [-0.05, 0) is 37.1 Å². The van der Waals surface area contributed by atoms with Gasteiger partial charge < -0.3 is 4.90 Å². The topological polar surface area (TPSA) is 32.7 Å². The molecule has 0 N–H and O–H groups in total. The predicted octanol–water partition coefficient (Wildman–Crippen LogP) is 3.76. The van der Waals surface area contributed by atoms with Crippen LogP contribution in [0.2, 0.25) is 0 Å². The van der Waals surface area contributed by atoms with Crippen LogP contribution in [0.4, 0.5) is 5.69 Å². The molecule has 0 unspecified atom stereocenters. The van der Waals surface area contributed by atoms with Crippen molar-refractivity contribution >= 4 is 17.8 Å². The molecule has 0 aliphatic carbocycles. The third-order valence-electron chi connectivity index (χ3n) is 3.25. The van der Waals surface area contributed by atoms with Crippen LogP contribution < -0.4 is 0 Å². The van der Waals surface area contributed by atoms with E-state index >= 15 is 0 Å². The number of benzene rings is 2. The molecule has 0 amide bonds. The zero-order valence-electron chi connectivity index (χ0n) is 12.9. The SMILES string of the molecule is Cc1cc(C(=O)c2ccccc2)c(C)cc1N=CN(C)C. The number of carbonyl (C=O) groups is 1. The Morgan fingerprint density at radius 3 is 2.33 bits per heavy atom. The number of nitrogens with zero attached hydrogens (tertiary/aromatic N) is 2. The van der Waals surface area contributed by atoms with Gasteiger partial charge in [-0.25, -0.2) is 4.99 Å². The molecule has 0 aliphatic heterocycles. The van der Waals surface area contributed by atoms with Gasteiger partial charge in [0, 0.05) is 25.2 Å². The summed E-state index contributed by atoms with van der Waals surface area (Å²) in [4.78, 5) is 18.9. The molecule has 0 bridgehead atoms. The van der Waals surface area contributed by atoms with Crippen molar-refractivity contribution in [2.24, 2.45) is 4.99 Å². The van der Waals surface area contributed by atoms with E-state index in [2.05, 4.69) is 4.99 Å². The standard InChI is InChI=1S/C18H20N2O/c1-13-11-17(19-12-20(3)4)14(2)10-16(13)18(21)15-8-6-5-7-9-15/h5-12H,1-4H3. The van der Waals surface area contributed by atoms with Crippen LogP contribution in [-0.4, -0.2) is 31.1 Å². The first-order valence-electron chi connectivity index (χ1n) is 6.90. The van der Waals surface area contributed by atoms with Gasteiger partial charge in [-0.2, -0.15) is 0 Å². The Hall–Kier alpha value is -2.42. The van der Waals surface area contributed by atoms with Crippen LogP contribution in [0.5, 0.6) is 0 Å². The van der Waals surface area contributed by atoms with Crippen LogP contribution in [0.15, 0.2) is 47.5 Å². The highest BCUT2D eigenvalue weighted by Gasteiger charge is 2.13. The zero-order chi connectivity index (χ0) is 15.4. The molecule has 2 aromatic rings. The summed E-state index contributed by atoms with van der Waals surface area (Å²) in [5.74, 6) is 0.0549. The van der Waals surface area contributed by atoms with Crippen LogP contribution in [0, 0.1) is 13.8 Å². The molecule has 3 nitrogen and oxygen atoms in total. The second-order valence-corrected chi connectivity index (χ2v) is 5.36. The maximum Gasteiger partial charge on any atom is 0.193 e. The average molecular weight is 280 g/mol. The van der Waals surface area contributed by atoms with Crippen molar-refractivity contribution in [1.29, 1.82) is 0 Å². The van der Waals surface area contributed by atoms with Crippen LogP contribution in [0.1, 0.15) is 27.0 Å². The molecule has 0 spiro atoms. The Labute approximate surface area is 125 Å².